The number of nitrogens with one attached hydrogen (secondary N) is 1. The molecule has 0 saturated heterocycles. The minimum atomic E-state index is -1.09. The van der Waals surface area contributed by atoms with Gasteiger partial charge in [0, 0.05) is 12.2 Å². The van der Waals surface area contributed by atoms with E-state index in [1.54, 1.807) is 30.5 Å². The number of nitriles is 1. The Hall–Kier alpha value is -3.70. The van der Waals surface area contributed by atoms with Gasteiger partial charge in [-0.05, 0) is 49.2 Å². The monoisotopic (exact) mass is 457 g/mol. The fourth-order valence-corrected chi connectivity index (χ4v) is 3.40. The molecule has 9 heteroatoms. The second kappa shape index (κ2) is 9.62. The fraction of sp³-hybridized carbons (Fsp3) is 0.174. The first-order valence-electron chi connectivity index (χ1n) is 9.48. The van der Waals surface area contributed by atoms with Crippen LogP contribution in [0, 0.1) is 36.8 Å². The Morgan fingerprint density at radius 2 is 1.84 bits per heavy atom. The van der Waals surface area contributed by atoms with E-state index in [4.69, 9.17) is 16.3 Å². The third-order valence-electron chi connectivity index (χ3n) is 4.95. The maximum Gasteiger partial charge on any atom is 0.343 e. The van der Waals surface area contributed by atoms with Crippen molar-refractivity contribution in [3.8, 4) is 6.07 Å². The van der Waals surface area contributed by atoms with E-state index in [-0.39, 0.29) is 28.8 Å². The van der Waals surface area contributed by atoms with Crippen LogP contribution < -0.4 is 5.32 Å². The second-order valence-corrected chi connectivity index (χ2v) is 7.39. The summed E-state index contributed by atoms with van der Waals surface area (Å²) in [5.41, 5.74) is 1.94. The largest absolute Gasteiger partial charge is 0.452 e. The molecule has 0 radical (unpaired) electrons. The topological polar surface area (TPSA) is 84.1 Å². The number of aromatic nitrogens is 1. The number of hydrogen-bond acceptors (Lipinski definition) is 4. The van der Waals surface area contributed by atoms with Gasteiger partial charge in [0.25, 0.3) is 5.91 Å². The van der Waals surface area contributed by atoms with Crippen LogP contribution in [0.2, 0.25) is 5.02 Å². The third-order valence-corrected chi connectivity index (χ3v) is 5.27. The maximum atomic E-state index is 13.9. The first-order chi connectivity index (χ1) is 15.2. The van der Waals surface area contributed by atoms with Crippen LogP contribution in [-0.4, -0.2) is 23.1 Å². The van der Waals surface area contributed by atoms with E-state index in [1.165, 1.54) is 24.3 Å². The number of carbonyl (C=O) groups excluding carboxylic acids is 2. The Kier molecular flexibility index (Phi) is 6.91. The number of hydrogen-bond donors (Lipinski definition) is 1. The fourth-order valence-electron chi connectivity index (χ4n) is 3.16. The number of rotatable bonds is 6. The quantitative estimate of drug-likeness (QED) is 0.541. The molecule has 6 nitrogen and oxygen atoms in total. The highest BCUT2D eigenvalue weighted by Gasteiger charge is 2.22. The third kappa shape index (κ3) is 4.79. The lowest BCUT2D eigenvalue weighted by atomic mass is 10.2. The van der Waals surface area contributed by atoms with Crippen molar-refractivity contribution < 1.29 is 23.1 Å². The van der Waals surface area contributed by atoms with E-state index in [2.05, 4.69) is 11.4 Å². The molecule has 0 aliphatic heterocycles. The van der Waals surface area contributed by atoms with Gasteiger partial charge >= 0.3 is 5.97 Å². The van der Waals surface area contributed by atoms with Crippen LogP contribution in [-0.2, 0) is 16.1 Å². The average Bonchev–Trinajstić information content (AvgIpc) is 2.97. The van der Waals surface area contributed by atoms with Crippen molar-refractivity contribution in [3.63, 3.8) is 0 Å². The summed E-state index contributed by atoms with van der Waals surface area (Å²) in [6.07, 6.45) is 0. The molecule has 0 unspecified atom stereocenters. The van der Waals surface area contributed by atoms with E-state index in [0.29, 0.717) is 5.56 Å². The van der Waals surface area contributed by atoms with Gasteiger partial charge in [0.05, 0.1) is 10.6 Å². The highest BCUT2D eigenvalue weighted by molar-refractivity contribution is 6.33. The smallest absolute Gasteiger partial charge is 0.343 e. The van der Waals surface area contributed by atoms with Gasteiger partial charge in [0.15, 0.2) is 6.61 Å². The second-order valence-electron chi connectivity index (χ2n) is 6.98. The number of esters is 1. The Bertz CT molecular complexity index is 1210. The summed E-state index contributed by atoms with van der Waals surface area (Å²) in [5, 5.41) is 12.0. The van der Waals surface area contributed by atoms with E-state index in [1.807, 2.05) is 0 Å². The van der Waals surface area contributed by atoms with Crippen LogP contribution >= 0.6 is 11.6 Å². The zero-order valence-electron chi connectivity index (χ0n) is 17.2. The van der Waals surface area contributed by atoms with Crippen LogP contribution in [0.1, 0.15) is 32.7 Å². The molecular weight excluding hydrogens is 440 g/mol. The minimum Gasteiger partial charge on any atom is -0.452 e. The maximum absolute atomic E-state index is 13.9. The van der Waals surface area contributed by atoms with Gasteiger partial charge in [-0.1, -0.05) is 29.8 Å². The first-order valence-corrected chi connectivity index (χ1v) is 9.86. The Labute approximate surface area is 188 Å². The number of halogens is 3. The van der Waals surface area contributed by atoms with Gasteiger partial charge in [-0.3, -0.25) is 4.79 Å². The number of benzene rings is 2. The summed E-state index contributed by atoms with van der Waals surface area (Å²) < 4.78 is 33.7. The van der Waals surface area contributed by atoms with E-state index in [9.17, 15) is 23.6 Å². The van der Waals surface area contributed by atoms with Crippen LogP contribution in [0.5, 0.6) is 0 Å². The number of ether oxygens (including phenoxy) is 1. The van der Waals surface area contributed by atoms with Gasteiger partial charge in [-0.25, -0.2) is 13.6 Å². The number of anilines is 1. The predicted octanol–water partition coefficient (Wildman–Crippen LogP) is 4.75. The molecular formula is C23H18ClF2N3O3. The SMILES string of the molecule is Cc1c(C#N)c(NC(=O)COC(=O)c2c(F)cccc2Cl)n(Cc2ccc(F)cc2)c1C. The molecule has 1 heterocycles. The van der Waals surface area contributed by atoms with Crippen LogP contribution in [0.4, 0.5) is 14.6 Å². The summed E-state index contributed by atoms with van der Waals surface area (Å²) in [6, 6.07) is 11.6. The van der Waals surface area contributed by atoms with Crippen molar-refractivity contribution in [2.24, 2.45) is 0 Å². The summed E-state index contributed by atoms with van der Waals surface area (Å²) >= 11 is 5.83. The molecule has 0 saturated carbocycles. The zero-order valence-corrected chi connectivity index (χ0v) is 18.0. The molecule has 0 atom stereocenters. The molecule has 32 heavy (non-hydrogen) atoms. The molecule has 0 aliphatic carbocycles. The molecule has 0 spiro atoms. The molecule has 0 bridgehead atoms. The van der Waals surface area contributed by atoms with Gasteiger partial charge in [-0.15, -0.1) is 0 Å². The van der Waals surface area contributed by atoms with Gasteiger partial charge < -0.3 is 14.6 Å². The Morgan fingerprint density at radius 3 is 2.47 bits per heavy atom. The highest BCUT2D eigenvalue weighted by atomic mass is 35.5. The Balaban J connectivity index is 1.79. The van der Waals surface area contributed by atoms with Crippen molar-refractivity contribution in [2.75, 3.05) is 11.9 Å². The normalized spacial score (nSPS) is 10.5. The molecule has 0 aliphatic rings. The van der Waals surface area contributed by atoms with Crippen molar-refractivity contribution in [2.45, 2.75) is 20.4 Å². The highest BCUT2D eigenvalue weighted by Crippen LogP contribution is 2.27. The lowest BCUT2D eigenvalue weighted by Gasteiger charge is -2.14. The molecule has 3 aromatic rings. The molecule has 1 N–H and O–H groups in total. The first kappa shape index (κ1) is 23.0. The molecule has 0 fully saturated rings. The van der Waals surface area contributed by atoms with Crippen molar-refractivity contribution in [1.29, 1.82) is 5.26 Å². The van der Waals surface area contributed by atoms with Gasteiger partial charge in [0.2, 0.25) is 0 Å². The molecule has 1 aromatic heterocycles. The van der Waals surface area contributed by atoms with Crippen LogP contribution in [0.25, 0.3) is 0 Å². The Morgan fingerprint density at radius 1 is 1.16 bits per heavy atom. The molecule has 2 aromatic carbocycles. The van der Waals surface area contributed by atoms with E-state index < -0.39 is 29.9 Å². The predicted molar refractivity (Wildman–Crippen MR) is 114 cm³/mol. The summed E-state index contributed by atoms with van der Waals surface area (Å²) in [6.45, 7) is 3.09. The van der Waals surface area contributed by atoms with Crippen LogP contribution in [0.3, 0.4) is 0 Å². The average molecular weight is 458 g/mol. The lowest BCUT2D eigenvalue weighted by molar-refractivity contribution is -0.119. The standard InChI is InChI=1S/C23H18ClF2N3O3/c1-13-14(2)29(11-15-6-8-16(25)9-7-15)22(17(13)10-27)28-20(30)12-32-23(31)21-18(24)4-3-5-19(21)26/h3-9H,11-12H2,1-2H3,(H,28,30). The van der Waals surface area contributed by atoms with Gasteiger partial charge in [-0.2, -0.15) is 5.26 Å². The van der Waals surface area contributed by atoms with Crippen LogP contribution in [0.15, 0.2) is 42.5 Å². The van der Waals surface area contributed by atoms with Crippen molar-refractivity contribution in [3.05, 3.63) is 87.1 Å². The zero-order chi connectivity index (χ0) is 23.4. The summed E-state index contributed by atoms with van der Waals surface area (Å²) in [5.74, 6) is -2.83. The summed E-state index contributed by atoms with van der Waals surface area (Å²) in [7, 11) is 0. The van der Waals surface area contributed by atoms with Crippen molar-refractivity contribution >= 4 is 29.3 Å². The number of amides is 1. The number of carbonyl (C=O) groups is 2. The lowest BCUT2D eigenvalue weighted by Crippen LogP contribution is -2.23. The molecule has 164 valence electrons. The minimum absolute atomic E-state index is 0.137. The summed E-state index contributed by atoms with van der Waals surface area (Å²) in [4.78, 5) is 24.6. The molecule has 3 rings (SSSR count). The van der Waals surface area contributed by atoms with E-state index >= 15 is 0 Å². The van der Waals surface area contributed by atoms with Crippen molar-refractivity contribution in [1.82, 2.24) is 4.57 Å². The van der Waals surface area contributed by atoms with Gasteiger partial charge in [0.1, 0.15) is 29.1 Å². The number of nitrogens with zero attached hydrogens (tertiary/aromatic N) is 2. The van der Waals surface area contributed by atoms with E-state index in [0.717, 1.165) is 17.3 Å². The molecule has 1 amide bonds.